The van der Waals surface area contributed by atoms with Gasteiger partial charge in [-0.25, -0.2) is 17.8 Å². The molecule has 0 unspecified atom stereocenters. The van der Waals surface area contributed by atoms with Crippen molar-refractivity contribution < 1.29 is 22.3 Å². The molecule has 1 aromatic carbocycles. The average molecular weight is 363 g/mol. The number of nitriles is 1. The SMILES string of the molecule is COc1ccc(F)cc1S(=O)(=O)N1CC(Oc2cc(C#N)ccn2)C1. The van der Waals surface area contributed by atoms with Gasteiger partial charge in [0, 0.05) is 12.3 Å². The van der Waals surface area contributed by atoms with Gasteiger partial charge in [0.2, 0.25) is 15.9 Å². The molecule has 0 aliphatic carbocycles. The van der Waals surface area contributed by atoms with Crippen LogP contribution in [0.3, 0.4) is 0 Å². The van der Waals surface area contributed by atoms with Gasteiger partial charge in [0.05, 0.1) is 31.8 Å². The van der Waals surface area contributed by atoms with Crippen LogP contribution in [0, 0.1) is 17.1 Å². The van der Waals surface area contributed by atoms with Gasteiger partial charge in [0.1, 0.15) is 22.6 Å². The number of sulfonamides is 1. The van der Waals surface area contributed by atoms with Gasteiger partial charge < -0.3 is 9.47 Å². The first kappa shape index (κ1) is 17.1. The fraction of sp³-hybridized carbons (Fsp3) is 0.250. The van der Waals surface area contributed by atoms with E-state index in [1.165, 1.54) is 29.7 Å². The predicted octanol–water partition coefficient (Wildman–Crippen LogP) is 1.55. The molecule has 1 fully saturated rings. The molecule has 7 nitrogen and oxygen atoms in total. The summed E-state index contributed by atoms with van der Waals surface area (Å²) in [5, 5.41) is 8.85. The molecule has 3 rings (SSSR count). The van der Waals surface area contributed by atoms with E-state index >= 15 is 0 Å². The minimum atomic E-state index is -3.89. The zero-order valence-corrected chi connectivity index (χ0v) is 14.0. The van der Waals surface area contributed by atoms with E-state index in [2.05, 4.69) is 4.98 Å². The van der Waals surface area contributed by atoms with E-state index in [0.717, 1.165) is 12.1 Å². The molecular formula is C16H14FN3O4S. The predicted molar refractivity (Wildman–Crippen MR) is 85.1 cm³/mol. The Bertz CT molecular complexity index is 937. The van der Waals surface area contributed by atoms with Crippen LogP contribution in [-0.4, -0.2) is 44.0 Å². The summed E-state index contributed by atoms with van der Waals surface area (Å²) in [4.78, 5) is 3.76. The number of hydrogen-bond donors (Lipinski definition) is 0. The first-order valence-corrected chi connectivity index (χ1v) is 8.74. The molecule has 0 bridgehead atoms. The fourth-order valence-electron chi connectivity index (χ4n) is 2.38. The van der Waals surface area contributed by atoms with E-state index in [0.29, 0.717) is 5.56 Å². The molecule has 25 heavy (non-hydrogen) atoms. The average Bonchev–Trinajstić information content (AvgIpc) is 2.57. The van der Waals surface area contributed by atoms with E-state index in [4.69, 9.17) is 14.7 Å². The zero-order chi connectivity index (χ0) is 18.0. The molecular weight excluding hydrogens is 349 g/mol. The summed E-state index contributed by atoms with van der Waals surface area (Å²) in [6, 6.07) is 8.33. The maximum atomic E-state index is 13.4. The van der Waals surface area contributed by atoms with Crippen LogP contribution >= 0.6 is 0 Å². The van der Waals surface area contributed by atoms with Gasteiger partial charge in [0.15, 0.2) is 0 Å². The van der Waals surface area contributed by atoms with Crippen molar-refractivity contribution in [3.05, 3.63) is 47.9 Å². The monoisotopic (exact) mass is 363 g/mol. The van der Waals surface area contributed by atoms with Crippen molar-refractivity contribution >= 4 is 10.0 Å². The van der Waals surface area contributed by atoms with E-state index in [1.807, 2.05) is 6.07 Å². The van der Waals surface area contributed by atoms with Crippen LogP contribution in [0.2, 0.25) is 0 Å². The van der Waals surface area contributed by atoms with Crippen molar-refractivity contribution in [3.8, 4) is 17.7 Å². The van der Waals surface area contributed by atoms with Gasteiger partial charge in [0.25, 0.3) is 0 Å². The summed E-state index contributed by atoms with van der Waals surface area (Å²) in [7, 11) is -2.57. The lowest BCUT2D eigenvalue weighted by molar-refractivity contribution is 0.0719. The summed E-state index contributed by atoms with van der Waals surface area (Å²) >= 11 is 0. The van der Waals surface area contributed by atoms with Gasteiger partial charge in [-0.2, -0.15) is 9.57 Å². The molecule has 130 valence electrons. The van der Waals surface area contributed by atoms with Gasteiger partial charge in [-0.05, 0) is 24.3 Å². The normalized spacial score (nSPS) is 15.2. The van der Waals surface area contributed by atoms with Crippen LogP contribution in [-0.2, 0) is 10.0 Å². The van der Waals surface area contributed by atoms with Crippen molar-refractivity contribution in [2.75, 3.05) is 20.2 Å². The van der Waals surface area contributed by atoms with Crippen molar-refractivity contribution in [2.45, 2.75) is 11.0 Å². The second-order valence-electron chi connectivity index (χ2n) is 5.35. The Hall–Kier alpha value is -2.70. The number of rotatable bonds is 5. The van der Waals surface area contributed by atoms with Crippen molar-refractivity contribution in [1.82, 2.24) is 9.29 Å². The number of halogens is 1. The molecule has 9 heteroatoms. The third kappa shape index (κ3) is 3.40. The Morgan fingerprint density at radius 1 is 1.32 bits per heavy atom. The van der Waals surface area contributed by atoms with Crippen LogP contribution < -0.4 is 9.47 Å². The Morgan fingerprint density at radius 3 is 2.76 bits per heavy atom. The van der Waals surface area contributed by atoms with Gasteiger partial charge in [-0.1, -0.05) is 0 Å². The summed E-state index contributed by atoms with van der Waals surface area (Å²) in [5.74, 6) is -0.330. The molecule has 1 aromatic heterocycles. The molecule has 0 atom stereocenters. The minimum absolute atomic E-state index is 0.0779. The third-order valence-electron chi connectivity index (χ3n) is 3.71. The Balaban J connectivity index is 1.71. The van der Waals surface area contributed by atoms with Crippen LogP contribution in [0.1, 0.15) is 5.56 Å². The lowest BCUT2D eigenvalue weighted by Gasteiger charge is -2.37. The Labute approximate surface area is 144 Å². The molecule has 2 aromatic rings. The fourth-order valence-corrected chi connectivity index (χ4v) is 4.05. The minimum Gasteiger partial charge on any atom is -0.495 e. The highest BCUT2D eigenvalue weighted by Crippen LogP contribution is 2.30. The van der Waals surface area contributed by atoms with E-state index < -0.39 is 21.9 Å². The van der Waals surface area contributed by atoms with Gasteiger partial charge in [-0.15, -0.1) is 0 Å². The molecule has 1 aliphatic rings. The van der Waals surface area contributed by atoms with Crippen LogP contribution in [0.25, 0.3) is 0 Å². The standard InChI is InChI=1S/C16H14FN3O4S/c1-23-14-3-2-12(17)7-15(14)25(21,22)20-9-13(10-20)24-16-6-11(8-18)4-5-19-16/h2-7,13H,9-10H2,1H3. The second-order valence-corrected chi connectivity index (χ2v) is 7.26. The summed E-state index contributed by atoms with van der Waals surface area (Å²) in [5.41, 5.74) is 0.401. The molecule has 0 saturated carbocycles. The summed E-state index contributed by atoms with van der Waals surface area (Å²) in [6.07, 6.45) is 1.05. The highest BCUT2D eigenvalue weighted by Gasteiger charge is 2.39. The largest absolute Gasteiger partial charge is 0.495 e. The quantitative estimate of drug-likeness (QED) is 0.800. The summed E-state index contributed by atoms with van der Waals surface area (Å²) < 4.78 is 50.4. The van der Waals surface area contributed by atoms with Crippen LogP contribution in [0.4, 0.5) is 4.39 Å². The van der Waals surface area contributed by atoms with E-state index in [9.17, 15) is 12.8 Å². The first-order valence-electron chi connectivity index (χ1n) is 7.30. The Morgan fingerprint density at radius 2 is 2.08 bits per heavy atom. The van der Waals surface area contributed by atoms with Crippen LogP contribution in [0.15, 0.2) is 41.4 Å². The zero-order valence-electron chi connectivity index (χ0n) is 13.2. The van der Waals surface area contributed by atoms with Crippen LogP contribution in [0.5, 0.6) is 11.6 Å². The highest BCUT2D eigenvalue weighted by molar-refractivity contribution is 7.89. The number of benzene rings is 1. The number of hydrogen-bond acceptors (Lipinski definition) is 6. The van der Waals surface area contributed by atoms with Crippen molar-refractivity contribution in [2.24, 2.45) is 0 Å². The third-order valence-corrected chi connectivity index (χ3v) is 5.56. The Kier molecular flexibility index (Phi) is 4.57. The highest BCUT2D eigenvalue weighted by atomic mass is 32.2. The van der Waals surface area contributed by atoms with E-state index in [-0.39, 0.29) is 29.6 Å². The number of nitrogens with zero attached hydrogens (tertiary/aromatic N) is 3. The molecule has 0 N–H and O–H groups in total. The number of methoxy groups -OCH3 is 1. The van der Waals surface area contributed by atoms with E-state index in [1.54, 1.807) is 6.07 Å². The molecule has 2 heterocycles. The lowest BCUT2D eigenvalue weighted by atomic mass is 10.2. The first-order chi connectivity index (χ1) is 11.9. The molecule has 0 amide bonds. The maximum Gasteiger partial charge on any atom is 0.247 e. The topological polar surface area (TPSA) is 92.5 Å². The summed E-state index contributed by atoms with van der Waals surface area (Å²) in [6.45, 7) is 0.195. The van der Waals surface area contributed by atoms with Crippen molar-refractivity contribution in [3.63, 3.8) is 0 Å². The molecule has 0 radical (unpaired) electrons. The second kappa shape index (κ2) is 6.66. The smallest absolute Gasteiger partial charge is 0.247 e. The molecule has 1 aliphatic heterocycles. The maximum absolute atomic E-state index is 13.4. The van der Waals surface area contributed by atoms with Gasteiger partial charge in [-0.3, -0.25) is 0 Å². The number of ether oxygens (including phenoxy) is 2. The molecule has 1 saturated heterocycles. The number of aromatic nitrogens is 1. The van der Waals surface area contributed by atoms with Crippen molar-refractivity contribution in [1.29, 1.82) is 5.26 Å². The number of pyridine rings is 1. The molecule has 0 spiro atoms. The van der Waals surface area contributed by atoms with Gasteiger partial charge >= 0.3 is 0 Å². The lowest BCUT2D eigenvalue weighted by Crippen LogP contribution is -2.56.